The maximum Gasteiger partial charge on any atom is 0.186 e. The van der Waals surface area contributed by atoms with E-state index in [0.29, 0.717) is 18.8 Å². The molecule has 0 spiro atoms. The van der Waals surface area contributed by atoms with Crippen LogP contribution in [0.5, 0.6) is 5.75 Å². The molecule has 0 aliphatic rings. The van der Waals surface area contributed by atoms with Crippen LogP contribution in [0.15, 0.2) is 24.3 Å². The third-order valence-corrected chi connectivity index (χ3v) is 4.67. The molecule has 1 atom stereocenters. The molecule has 26 heavy (non-hydrogen) atoms. The molecule has 4 heteroatoms. The average Bonchev–Trinajstić information content (AvgIpc) is 2.66. The predicted molar refractivity (Wildman–Crippen MR) is 107 cm³/mol. The Labute approximate surface area is 159 Å². The molecule has 0 saturated heterocycles. The van der Waals surface area contributed by atoms with E-state index in [2.05, 4.69) is 6.92 Å². The van der Waals surface area contributed by atoms with Crippen molar-refractivity contribution in [1.82, 2.24) is 0 Å². The number of rotatable bonds is 17. The zero-order valence-corrected chi connectivity index (χ0v) is 16.5. The first kappa shape index (κ1) is 22.9. The quantitative estimate of drug-likeness (QED) is 0.305. The molecule has 1 aromatic rings. The lowest BCUT2D eigenvalue weighted by Gasteiger charge is -2.16. The maximum absolute atomic E-state index is 9.50. The highest BCUT2D eigenvalue weighted by molar-refractivity contribution is 5.27. The molecule has 1 unspecified atom stereocenters. The van der Waals surface area contributed by atoms with Gasteiger partial charge in [-0.3, -0.25) is 0 Å². The van der Waals surface area contributed by atoms with Crippen molar-refractivity contribution in [2.75, 3.05) is 20.0 Å². The fourth-order valence-corrected chi connectivity index (χ4v) is 3.07. The molecular weight excluding hydrogens is 328 g/mol. The largest absolute Gasteiger partial charge is 0.468 e. The van der Waals surface area contributed by atoms with E-state index in [4.69, 9.17) is 14.6 Å². The highest BCUT2D eigenvalue weighted by atomic mass is 16.6. The van der Waals surface area contributed by atoms with Gasteiger partial charge in [0.15, 0.2) is 6.79 Å². The van der Waals surface area contributed by atoms with Crippen LogP contribution in [0.25, 0.3) is 0 Å². The fourth-order valence-electron chi connectivity index (χ4n) is 3.07. The second kappa shape index (κ2) is 16.1. The summed E-state index contributed by atoms with van der Waals surface area (Å²) in [5, 5.41) is 18.2. The van der Waals surface area contributed by atoms with Crippen molar-refractivity contribution in [2.24, 2.45) is 0 Å². The SMILES string of the molecule is CCCCCCCCCCCCOC(CO)Cc1ccc(OCO)cc1. The lowest BCUT2D eigenvalue weighted by Crippen LogP contribution is -2.21. The maximum atomic E-state index is 9.50. The molecule has 0 fully saturated rings. The van der Waals surface area contributed by atoms with Crippen LogP contribution in [-0.4, -0.2) is 36.3 Å². The topological polar surface area (TPSA) is 58.9 Å². The van der Waals surface area contributed by atoms with Crippen molar-refractivity contribution < 1.29 is 19.7 Å². The van der Waals surface area contributed by atoms with Gasteiger partial charge in [-0.05, 0) is 24.1 Å². The second-order valence-corrected chi connectivity index (χ2v) is 6.98. The molecule has 0 radical (unpaired) electrons. The number of aliphatic hydroxyl groups excluding tert-OH is 2. The first-order valence-corrected chi connectivity index (χ1v) is 10.3. The molecule has 1 rings (SSSR count). The summed E-state index contributed by atoms with van der Waals surface area (Å²) >= 11 is 0. The molecule has 0 bridgehead atoms. The van der Waals surface area contributed by atoms with Gasteiger partial charge in [0, 0.05) is 13.0 Å². The molecule has 0 amide bonds. The number of hydrogen-bond acceptors (Lipinski definition) is 4. The number of ether oxygens (including phenoxy) is 2. The predicted octanol–water partition coefficient (Wildman–Crippen LogP) is 4.86. The summed E-state index contributed by atoms with van der Waals surface area (Å²) in [5.41, 5.74) is 1.09. The molecule has 0 aliphatic carbocycles. The number of benzene rings is 1. The van der Waals surface area contributed by atoms with Crippen molar-refractivity contribution in [3.63, 3.8) is 0 Å². The van der Waals surface area contributed by atoms with Crippen LogP contribution in [-0.2, 0) is 11.2 Å². The van der Waals surface area contributed by atoms with Crippen LogP contribution in [0.3, 0.4) is 0 Å². The second-order valence-electron chi connectivity index (χ2n) is 6.98. The van der Waals surface area contributed by atoms with Crippen molar-refractivity contribution in [1.29, 1.82) is 0 Å². The Morgan fingerprint density at radius 1 is 0.808 bits per heavy atom. The van der Waals surface area contributed by atoms with Crippen molar-refractivity contribution in [3.8, 4) is 5.75 Å². The van der Waals surface area contributed by atoms with Crippen LogP contribution in [0, 0.1) is 0 Å². The van der Waals surface area contributed by atoms with Gasteiger partial charge in [0.2, 0.25) is 0 Å². The van der Waals surface area contributed by atoms with Gasteiger partial charge in [-0.1, -0.05) is 76.8 Å². The third-order valence-electron chi connectivity index (χ3n) is 4.67. The van der Waals surface area contributed by atoms with Gasteiger partial charge in [0.1, 0.15) is 5.75 Å². The summed E-state index contributed by atoms with van der Waals surface area (Å²) in [5.74, 6) is 0.642. The van der Waals surface area contributed by atoms with Gasteiger partial charge in [0.25, 0.3) is 0 Å². The standard InChI is InChI=1S/C22H38O4/c1-2-3-4-5-6-7-8-9-10-11-16-25-22(18-23)17-20-12-14-21(15-13-20)26-19-24/h12-15,22-24H,2-11,16-19H2,1H3. The van der Waals surface area contributed by atoms with Crippen LogP contribution in [0.2, 0.25) is 0 Å². The average molecular weight is 367 g/mol. The van der Waals surface area contributed by atoms with E-state index in [1.54, 1.807) is 0 Å². The Hall–Kier alpha value is -1.10. The van der Waals surface area contributed by atoms with E-state index < -0.39 is 0 Å². The van der Waals surface area contributed by atoms with Gasteiger partial charge in [-0.25, -0.2) is 0 Å². The Bertz CT molecular complexity index is 419. The van der Waals surface area contributed by atoms with Crippen molar-refractivity contribution in [2.45, 2.75) is 83.7 Å². The minimum atomic E-state index is -0.319. The lowest BCUT2D eigenvalue weighted by molar-refractivity contribution is 0.0117. The van der Waals surface area contributed by atoms with E-state index >= 15 is 0 Å². The highest BCUT2D eigenvalue weighted by Crippen LogP contribution is 2.15. The summed E-state index contributed by atoms with van der Waals surface area (Å²) in [4.78, 5) is 0. The highest BCUT2D eigenvalue weighted by Gasteiger charge is 2.09. The number of unbranched alkanes of at least 4 members (excludes halogenated alkanes) is 9. The summed E-state index contributed by atoms with van der Waals surface area (Å²) in [6.45, 7) is 2.69. The smallest absolute Gasteiger partial charge is 0.186 e. The molecule has 0 heterocycles. The lowest BCUT2D eigenvalue weighted by atomic mass is 10.1. The molecular formula is C22H38O4. The van der Waals surface area contributed by atoms with Crippen molar-refractivity contribution >= 4 is 0 Å². The summed E-state index contributed by atoms with van der Waals surface area (Å²) in [6, 6.07) is 7.53. The van der Waals surface area contributed by atoms with E-state index in [-0.39, 0.29) is 19.5 Å². The van der Waals surface area contributed by atoms with E-state index in [9.17, 15) is 5.11 Å². The normalized spacial score (nSPS) is 12.3. The first-order chi connectivity index (χ1) is 12.8. The van der Waals surface area contributed by atoms with E-state index in [1.165, 1.54) is 57.8 Å². The first-order valence-electron chi connectivity index (χ1n) is 10.3. The molecule has 2 N–H and O–H groups in total. The number of hydrogen-bond donors (Lipinski definition) is 2. The van der Waals surface area contributed by atoms with Crippen LogP contribution >= 0.6 is 0 Å². The molecule has 0 aromatic heterocycles. The van der Waals surface area contributed by atoms with E-state index in [1.807, 2.05) is 24.3 Å². The van der Waals surface area contributed by atoms with Crippen LogP contribution in [0.1, 0.15) is 76.7 Å². The van der Waals surface area contributed by atoms with Crippen LogP contribution in [0.4, 0.5) is 0 Å². The third kappa shape index (κ3) is 11.5. The fraction of sp³-hybridized carbons (Fsp3) is 0.727. The Balaban J connectivity index is 2.04. The molecule has 4 nitrogen and oxygen atoms in total. The molecule has 0 aliphatic heterocycles. The van der Waals surface area contributed by atoms with Crippen LogP contribution < -0.4 is 4.74 Å². The zero-order valence-electron chi connectivity index (χ0n) is 16.5. The minimum Gasteiger partial charge on any atom is -0.468 e. The van der Waals surface area contributed by atoms with Gasteiger partial charge in [0.05, 0.1) is 12.7 Å². The Kier molecular flexibility index (Phi) is 14.2. The minimum absolute atomic E-state index is 0.0344. The zero-order chi connectivity index (χ0) is 18.9. The number of aliphatic hydroxyl groups is 2. The monoisotopic (exact) mass is 366 g/mol. The summed E-state index contributed by atoms with van der Waals surface area (Å²) in [6.07, 6.45) is 13.6. The van der Waals surface area contributed by atoms with Gasteiger partial charge < -0.3 is 19.7 Å². The summed E-state index contributed by atoms with van der Waals surface area (Å²) < 4.78 is 10.8. The van der Waals surface area contributed by atoms with Gasteiger partial charge in [-0.2, -0.15) is 0 Å². The summed E-state index contributed by atoms with van der Waals surface area (Å²) in [7, 11) is 0. The molecule has 150 valence electrons. The van der Waals surface area contributed by atoms with Gasteiger partial charge >= 0.3 is 0 Å². The molecule has 1 aromatic carbocycles. The van der Waals surface area contributed by atoms with Gasteiger partial charge in [-0.15, -0.1) is 0 Å². The van der Waals surface area contributed by atoms with E-state index in [0.717, 1.165) is 12.0 Å². The Morgan fingerprint density at radius 2 is 1.38 bits per heavy atom. The van der Waals surface area contributed by atoms with Crippen molar-refractivity contribution in [3.05, 3.63) is 29.8 Å². The molecule has 0 saturated carbocycles. The Morgan fingerprint density at radius 3 is 1.92 bits per heavy atom.